The second-order valence-corrected chi connectivity index (χ2v) is 3.16. The van der Waals surface area contributed by atoms with Crippen molar-refractivity contribution in [2.75, 3.05) is 0 Å². The van der Waals surface area contributed by atoms with E-state index >= 15 is 0 Å². The van der Waals surface area contributed by atoms with E-state index in [4.69, 9.17) is 0 Å². The van der Waals surface area contributed by atoms with Crippen LogP contribution in [0.25, 0.3) is 0 Å². The summed E-state index contributed by atoms with van der Waals surface area (Å²) in [7, 11) is 0. The molecule has 81 valence electrons. The van der Waals surface area contributed by atoms with Crippen LogP contribution in [0.3, 0.4) is 0 Å². The Morgan fingerprint density at radius 3 is 0.733 bits per heavy atom. The minimum Gasteiger partial charge on any atom is -0.300 e. The Bertz CT molecular complexity index is 196. The first-order chi connectivity index (χ1) is 6.25. The zero-order valence-corrected chi connectivity index (χ0v) is 10.9. The monoisotopic (exact) mass is 251 g/mol. The normalized spacial score (nSPS) is 7.73. The molecule has 15 heavy (non-hydrogen) atoms. The summed E-state index contributed by atoms with van der Waals surface area (Å²) in [5.41, 5.74) is 0. The fourth-order valence-electron chi connectivity index (χ4n) is 0.701. The first-order valence-electron chi connectivity index (χ1n) is 4.23. The second-order valence-electron chi connectivity index (χ2n) is 3.16. The standard InChI is InChI=1S/2C5H8O2.V/c2*1-4(6)3-5(2)7;/h2*3H2,1-2H3;/q;;+4. The summed E-state index contributed by atoms with van der Waals surface area (Å²) in [5, 5.41) is 0. The van der Waals surface area contributed by atoms with Crippen molar-refractivity contribution in [3.63, 3.8) is 0 Å². The van der Waals surface area contributed by atoms with E-state index in [-0.39, 0.29) is 54.5 Å². The van der Waals surface area contributed by atoms with Crippen molar-refractivity contribution < 1.29 is 37.7 Å². The van der Waals surface area contributed by atoms with Crippen molar-refractivity contribution in [1.82, 2.24) is 0 Å². The molecule has 0 rings (SSSR count). The van der Waals surface area contributed by atoms with Crippen molar-refractivity contribution >= 4 is 23.1 Å². The summed E-state index contributed by atoms with van der Waals surface area (Å²) in [6, 6.07) is 0. The number of Topliss-reactive ketones (excluding diaryl/α,β-unsaturated/α-hetero) is 4. The van der Waals surface area contributed by atoms with E-state index in [0.717, 1.165) is 0 Å². The maximum Gasteiger partial charge on any atom is 4.00 e. The van der Waals surface area contributed by atoms with Crippen LogP contribution in [0.15, 0.2) is 0 Å². The molecule has 0 fully saturated rings. The van der Waals surface area contributed by atoms with E-state index in [1.165, 1.54) is 27.7 Å². The van der Waals surface area contributed by atoms with Crippen molar-refractivity contribution in [3.05, 3.63) is 0 Å². The van der Waals surface area contributed by atoms with Crippen LogP contribution in [0.5, 0.6) is 0 Å². The number of ketones is 4. The molecule has 0 N–H and O–H groups in total. The number of carbonyl (C=O) groups excluding carboxylic acids is 4. The molecule has 0 aromatic carbocycles. The summed E-state index contributed by atoms with van der Waals surface area (Å²) in [5.74, 6) is -0.250. The number of hydrogen-bond acceptors (Lipinski definition) is 4. The quantitative estimate of drug-likeness (QED) is 0.702. The molecule has 0 saturated carbocycles. The smallest absolute Gasteiger partial charge is 0.300 e. The van der Waals surface area contributed by atoms with Crippen LogP contribution < -0.4 is 0 Å². The van der Waals surface area contributed by atoms with Gasteiger partial charge in [0.25, 0.3) is 0 Å². The number of rotatable bonds is 4. The molecule has 0 aliphatic heterocycles. The Labute approximate surface area is 102 Å². The van der Waals surface area contributed by atoms with Gasteiger partial charge in [-0.2, -0.15) is 0 Å². The molecule has 0 amide bonds. The summed E-state index contributed by atoms with van der Waals surface area (Å²) in [4.78, 5) is 40.1. The van der Waals surface area contributed by atoms with E-state index in [1.54, 1.807) is 0 Å². The number of hydrogen-bond donors (Lipinski definition) is 0. The molecule has 0 bridgehead atoms. The summed E-state index contributed by atoms with van der Waals surface area (Å²) in [6.45, 7) is 5.62. The molecule has 0 aromatic rings. The van der Waals surface area contributed by atoms with E-state index in [0.29, 0.717) is 0 Å². The Kier molecular flexibility index (Phi) is 15.0. The fraction of sp³-hybridized carbons (Fsp3) is 0.600. The van der Waals surface area contributed by atoms with Crippen molar-refractivity contribution in [1.29, 1.82) is 0 Å². The number of carbonyl (C=O) groups is 4. The molecule has 0 heterocycles. The minimum atomic E-state index is -0.0625. The summed E-state index contributed by atoms with van der Waals surface area (Å²) < 4.78 is 0. The second kappa shape index (κ2) is 11.3. The van der Waals surface area contributed by atoms with Crippen molar-refractivity contribution in [2.24, 2.45) is 0 Å². The van der Waals surface area contributed by atoms with Gasteiger partial charge in [0.05, 0.1) is 12.8 Å². The Morgan fingerprint density at radius 2 is 0.733 bits per heavy atom. The summed E-state index contributed by atoms with van der Waals surface area (Å²) >= 11 is 0. The molecule has 0 spiro atoms. The van der Waals surface area contributed by atoms with Crippen LogP contribution >= 0.6 is 0 Å². The maximum absolute atomic E-state index is 10.0. The SMILES string of the molecule is CC(=O)CC(C)=O.CC(=O)CC(C)=O.[V+4]. The van der Waals surface area contributed by atoms with E-state index in [2.05, 4.69) is 0 Å². The third-order valence-corrected chi connectivity index (χ3v) is 0.996. The Hall–Kier alpha value is -0.736. The predicted molar refractivity (Wildman–Crippen MR) is 52.0 cm³/mol. The van der Waals surface area contributed by atoms with Gasteiger partial charge in [0, 0.05) is 0 Å². The third kappa shape index (κ3) is 31.9. The molecule has 0 aliphatic carbocycles. The molecule has 0 aliphatic rings. The Morgan fingerprint density at radius 1 is 0.600 bits per heavy atom. The van der Waals surface area contributed by atoms with Gasteiger partial charge >= 0.3 is 18.6 Å². The zero-order chi connectivity index (χ0) is 11.7. The van der Waals surface area contributed by atoms with Crippen molar-refractivity contribution in [3.8, 4) is 0 Å². The molecular weight excluding hydrogens is 235 g/mol. The average Bonchev–Trinajstić information content (AvgIpc) is 1.79. The van der Waals surface area contributed by atoms with E-state index in [9.17, 15) is 19.2 Å². The average molecular weight is 251 g/mol. The van der Waals surface area contributed by atoms with Crippen LogP contribution in [-0.4, -0.2) is 23.1 Å². The van der Waals surface area contributed by atoms with Crippen molar-refractivity contribution in [2.45, 2.75) is 40.5 Å². The van der Waals surface area contributed by atoms with Crippen LogP contribution in [-0.2, 0) is 37.7 Å². The largest absolute Gasteiger partial charge is 4.00 e. The zero-order valence-electron chi connectivity index (χ0n) is 9.49. The topological polar surface area (TPSA) is 68.3 Å². The first-order valence-corrected chi connectivity index (χ1v) is 4.23. The van der Waals surface area contributed by atoms with Gasteiger partial charge in [-0.25, -0.2) is 0 Å². The first kappa shape index (κ1) is 19.8. The molecular formula is C10H16O4V+4. The maximum atomic E-state index is 10.0. The van der Waals surface area contributed by atoms with Crippen LogP contribution in [0, 0.1) is 0 Å². The fourth-order valence-corrected chi connectivity index (χ4v) is 0.701. The van der Waals surface area contributed by atoms with Crippen LogP contribution in [0.4, 0.5) is 0 Å². The van der Waals surface area contributed by atoms with E-state index in [1.807, 2.05) is 0 Å². The third-order valence-electron chi connectivity index (χ3n) is 0.996. The van der Waals surface area contributed by atoms with Gasteiger partial charge in [0.1, 0.15) is 23.1 Å². The summed E-state index contributed by atoms with van der Waals surface area (Å²) in [6.07, 6.45) is 0.167. The van der Waals surface area contributed by atoms with E-state index < -0.39 is 0 Å². The van der Waals surface area contributed by atoms with Gasteiger partial charge < -0.3 is 0 Å². The van der Waals surface area contributed by atoms with Crippen LogP contribution in [0.2, 0.25) is 0 Å². The molecule has 0 aromatic heterocycles. The Balaban J connectivity index is -0.000000180. The van der Waals surface area contributed by atoms with Gasteiger partial charge in [-0.05, 0) is 27.7 Å². The minimum absolute atomic E-state index is 0. The van der Waals surface area contributed by atoms with Gasteiger partial charge in [-0.3, -0.25) is 19.2 Å². The van der Waals surface area contributed by atoms with Crippen LogP contribution in [0.1, 0.15) is 40.5 Å². The van der Waals surface area contributed by atoms with Gasteiger partial charge in [-0.1, -0.05) is 0 Å². The van der Waals surface area contributed by atoms with Gasteiger partial charge in [-0.15, -0.1) is 0 Å². The molecule has 4 nitrogen and oxygen atoms in total. The molecule has 1 radical (unpaired) electrons. The molecule has 0 saturated heterocycles. The molecule has 0 unspecified atom stereocenters. The van der Waals surface area contributed by atoms with Gasteiger partial charge in [0.15, 0.2) is 0 Å². The predicted octanol–water partition coefficient (Wildman–Crippen LogP) is 1.11. The molecule has 5 heteroatoms. The molecule has 0 atom stereocenters. The van der Waals surface area contributed by atoms with Gasteiger partial charge in [0.2, 0.25) is 0 Å².